The summed E-state index contributed by atoms with van der Waals surface area (Å²) in [7, 11) is 0. The zero-order valence-corrected chi connectivity index (χ0v) is 9.18. The van der Waals surface area contributed by atoms with Gasteiger partial charge >= 0.3 is 5.97 Å². The van der Waals surface area contributed by atoms with Gasteiger partial charge in [-0.25, -0.2) is 14.8 Å². The summed E-state index contributed by atoms with van der Waals surface area (Å²) in [6.07, 6.45) is 6.27. The van der Waals surface area contributed by atoms with Crippen LogP contribution in [-0.2, 0) is 0 Å². The fourth-order valence-electron chi connectivity index (χ4n) is 1.25. The maximum atomic E-state index is 10.6. The van der Waals surface area contributed by atoms with Crippen LogP contribution in [0.15, 0.2) is 25.0 Å². The van der Waals surface area contributed by atoms with Gasteiger partial charge in [0.2, 0.25) is 0 Å². The molecule has 0 amide bonds. The summed E-state index contributed by atoms with van der Waals surface area (Å²) in [6.45, 7) is 5.73. The predicted octanol–water partition coefficient (Wildman–Crippen LogP) is 1.94. The molecule has 1 unspecified atom stereocenters. The van der Waals surface area contributed by atoms with Crippen molar-refractivity contribution in [3.05, 3.63) is 30.7 Å². The summed E-state index contributed by atoms with van der Waals surface area (Å²) in [6, 6.07) is 0.252. The molecule has 0 aliphatic heterocycles. The molecule has 1 heterocycles. The maximum Gasteiger partial charge on any atom is 0.356 e. The van der Waals surface area contributed by atoms with Crippen LogP contribution in [0.1, 0.15) is 30.3 Å². The Labute approximate surface area is 94.2 Å². The second-order valence-electron chi connectivity index (χ2n) is 3.37. The van der Waals surface area contributed by atoms with E-state index in [1.54, 1.807) is 0 Å². The smallest absolute Gasteiger partial charge is 0.356 e. The normalized spacial score (nSPS) is 11.8. The molecule has 0 saturated heterocycles. The van der Waals surface area contributed by atoms with Crippen molar-refractivity contribution in [1.82, 2.24) is 9.97 Å². The number of hydrogen-bond donors (Lipinski definition) is 2. The molecular weight excluding hydrogens is 206 g/mol. The minimum Gasteiger partial charge on any atom is -0.476 e. The summed E-state index contributed by atoms with van der Waals surface area (Å²) in [5.41, 5.74) is -0.0534. The first-order chi connectivity index (χ1) is 7.67. The van der Waals surface area contributed by atoms with Crippen LogP contribution in [0, 0.1) is 0 Å². The molecule has 0 aliphatic rings. The Morgan fingerprint density at radius 3 is 2.81 bits per heavy atom. The zero-order chi connectivity index (χ0) is 12.0. The summed E-state index contributed by atoms with van der Waals surface area (Å²) >= 11 is 0. The van der Waals surface area contributed by atoms with Gasteiger partial charge in [0.05, 0.1) is 12.4 Å². The van der Waals surface area contributed by atoms with E-state index in [1.165, 1.54) is 12.4 Å². The van der Waals surface area contributed by atoms with Crippen molar-refractivity contribution in [3.8, 4) is 0 Å². The van der Waals surface area contributed by atoms with Gasteiger partial charge in [-0.2, -0.15) is 0 Å². The summed E-state index contributed by atoms with van der Waals surface area (Å²) in [4.78, 5) is 18.3. The lowest BCUT2D eigenvalue weighted by Crippen LogP contribution is -2.18. The third-order valence-electron chi connectivity index (χ3n) is 2.17. The van der Waals surface area contributed by atoms with Crippen LogP contribution in [0.4, 0.5) is 5.82 Å². The number of aromatic carboxylic acids is 1. The minimum atomic E-state index is -1.07. The number of aromatic nitrogens is 2. The van der Waals surface area contributed by atoms with Crippen molar-refractivity contribution in [1.29, 1.82) is 0 Å². The molecule has 0 fully saturated rings. The molecule has 86 valence electrons. The van der Waals surface area contributed by atoms with Gasteiger partial charge in [0.1, 0.15) is 5.82 Å². The first kappa shape index (κ1) is 12.2. The average molecular weight is 221 g/mol. The summed E-state index contributed by atoms with van der Waals surface area (Å²) in [5, 5.41) is 11.8. The molecule has 16 heavy (non-hydrogen) atoms. The molecule has 0 aliphatic carbocycles. The van der Waals surface area contributed by atoms with Crippen molar-refractivity contribution in [2.45, 2.75) is 25.8 Å². The van der Waals surface area contributed by atoms with Crippen molar-refractivity contribution in [3.63, 3.8) is 0 Å². The molecule has 0 bridgehead atoms. The number of hydrogen-bond acceptors (Lipinski definition) is 4. The molecule has 0 radical (unpaired) electrons. The van der Waals surface area contributed by atoms with Gasteiger partial charge < -0.3 is 10.4 Å². The Hall–Kier alpha value is -1.91. The van der Waals surface area contributed by atoms with Crippen molar-refractivity contribution in [2.75, 3.05) is 5.32 Å². The number of carbonyl (C=O) groups is 1. The van der Waals surface area contributed by atoms with Gasteiger partial charge in [-0.15, -0.1) is 6.58 Å². The fourth-order valence-corrected chi connectivity index (χ4v) is 1.25. The fraction of sp³-hybridized carbons (Fsp3) is 0.364. The van der Waals surface area contributed by atoms with Gasteiger partial charge in [0.25, 0.3) is 0 Å². The van der Waals surface area contributed by atoms with Crippen LogP contribution < -0.4 is 5.32 Å². The van der Waals surface area contributed by atoms with Crippen LogP contribution >= 0.6 is 0 Å². The molecule has 1 aromatic heterocycles. The van der Waals surface area contributed by atoms with E-state index in [0.29, 0.717) is 5.82 Å². The summed E-state index contributed by atoms with van der Waals surface area (Å²) < 4.78 is 0. The van der Waals surface area contributed by atoms with E-state index in [9.17, 15) is 4.79 Å². The van der Waals surface area contributed by atoms with Crippen LogP contribution in [0.2, 0.25) is 0 Å². The Kier molecular flexibility index (Phi) is 4.44. The van der Waals surface area contributed by atoms with Crippen molar-refractivity contribution in [2.24, 2.45) is 0 Å². The second kappa shape index (κ2) is 5.85. The third-order valence-corrected chi connectivity index (χ3v) is 2.17. The molecule has 0 spiro atoms. The summed E-state index contributed by atoms with van der Waals surface area (Å²) in [5.74, 6) is -0.490. The van der Waals surface area contributed by atoms with E-state index in [1.807, 2.05) is 6.08 Å². The average Bonchev–Trinajstić information content (AvgIpc) is 2.29. The van der Waals surface area contributed by atoms with Crippen LogP contribution in [0.3, 0.4) is 0 Å². The second-order valence-corrected chi connectivity index (χ2v) is 3.37. The maximum absolute atomic E-state index is 10.6. The number of rotatable bonds is 6. The number of nitrogens with zero attached hydrogens (tertiary/aromatic N) is 2. The van der Waals surface area contributed by atoms with Gasteiger partial charge in [-0.05, 0) is 12.8 Å². The Morgan fingerprint density at radius 2 is 2.38 bits per heavy atom. The lowest BCUT2D eigenvalue weighted by atomic mass is 10.1. The highest BCUT2D eigenvalue weighted by Crippen LogP contribution is 2.08. The van der Waals surface area contributed by atoms with Crippen LogP contribution in [0.5, 0.6) is 0 Å². The largest absolute Gasteiger partial charge is 0.476 e. The van der Waals surface area contributed by atoms with E-state index in [0.717, 1.165) is 12.8 Å². The van der Waals surface area contributed by atoms with Gasteiger partial charge in [0, 0.05) is 6.04 Å². The van der Waals surface area contributed by atoms with Gasteiger partial charge in [-0.3, -0.25) is 0 Å². The SMILES string of the molecule is C=CCC(CC)Nc1cnc(C(=O)O)cn1. The quantitative estimate of drug-likeness (QED) is 0.718. The molecular formula is C11H15N3O2. The third kappa shape index (κ3) is 3.34. The van der Waals surface area contributed by atoms with Gasteiger partial charge in [0.15, 0.2) is 5.69 Å². The molecule has 1 aromatic rings. The highest BCUT2D eigenvalue weighted by Gasteiger charge is 2.07. The van der Waals surface area contributed by atoms with Crippen LogP contribution in [-0.4, -0.2) is 27.1 Å². The minimum absolute atomic E-state index is 0.0534. The lowest BCUT2D eigenvalue weighted by molar-refractivity contribution is 0.0690. The van der Waals surface area contributed by atoms with E-state index >= 15 is 0 Å². The van der Waals surface area contributed by atoms with E-state index in [2.05, 4.69) is 28.8 Å². The highest BCUT2D eigenvalue weighted by molar-refractivity contribution is 5.84. The molecule has 2 N–H and O–H groups in total. The highest BCUT2D eigenvalue weighted by atomic mass is 16.4. The predicted molar refractivity (Wildman–Crippen MR) is 61.5 cm³/mol. The zero-order valence-electron chi connectivity index (χ0n) is 9.18. The standard InChI is InChI=1S/C11H15N3O2/c1-3-5-8(4-2)14-10-7-12-9(6-13-10)11(15)16/h3,6-8H,1,4-5H2,2H3,(H,13,14)(H,15,16). The van der Waals surface area contributed by atoms with E-state index in [-0.39, 0.29) is 11.7 Å². The molecule has 0 aromatic carbocycles. The Bertz CT molecular complexity index is 362. The topological polar surface area (TPSA) is 75.1 Å². The molecule has 1 atom stereocenters. The van der Waals surface area contributed by atoms with E-state index in [4.69, 9.17) is 5.11 Å². The molecule has 0 saturated carbocycles. The lowest BCUT2D eigenvalue weighted by Gasteiger charge is -2.14. The monoisotopic (exact) mass is 221 g/mol. The van der Waals surface area contributed by atoms with Crippen molar-refractivity contribution >= 4 is 11.8 Å². The molecule has 5 heteroatoms. The van der Waals surface area contributed by atoms with Gasteiger partial charge in [-0.1, -0.05) is 13.0 Å². The molecule has 1 rings (SSSR count). The number of carboxylic acid groups (broad SMARTS) is 1. The van der Waals surface area contributed by atoms with E-state index < -0.39 is 5.97 Å². The Morgan fingerprint density at radius 1 is 1.62 bits per heavy atom. The number of nitrogens with one attached hydrogen (secondary N) is 1. The molecule has 5 nitrogen and oxygen atoms in total. The first-order valence-electron chi connectivity index (χ1n) is 5.10. The number of carboxylic acids is 1. The number of anilines is 1. The first-order valence-corrected chi connectivity index (χ1v) is 5.10. The van der Waals surface area contributed by atoms with Crippen LogP contribution in [0.25, 0.3) is 0 Å². The van der Waals surface area contributed by atoms with Crippen molar-refractivity contribution < 1.29 is 9.90 Å². The Balaban J connectivity index is 2.66.